The molecule has 0 radical (unpaired) electrons. The van der Waals surface area contributed by atoms with Crippen molar-refractivity contribution in [3.63, 3.8) is 0 Å². The molecule has 0 fully saturated rings. The molecule has 0 saturated heterocycles. The molecule has 0 bridgehead atoms. The molecule has 3 aromatic rings. The fourth-order valence-corrected chi connectivity index (χ4v) is 3.41. The number of anilines is 1. The lowest BCUT2D eigenvalue weighted by atomic mass is 10.2. The van der Waals surface area contributed by atoms with Gasteiger partial charge in [-0.3, -0.25) is 14.9 Å². The molecule has 32 heavy (non-hydrogen) atoms. The van der Waals surface area contributed by atoms with Crippen molar-refractivity contribution in [3.8, 4) is 5.69 Å². The van der Waals surface area contributed by atoms with Crippen LogP contribution >= 0.6 is 11.6 Å². The van der Waals surface area contributed by atoms with Gasteiger partial charge in [-0.1, -0.05) is 11.6 Å². The van der Waals surface area contributed by atoms with Crippen molar-refractivity contribution in [2.75, 3.05) is 5.32 Å². The van der Waals surface area contributed by atoms with Crippen molar-refractivity contribution in [1.82, 2.24) is 4.57 Å². The Bertz CT molecular complexity index is 1210. The van der Waals surface area contributed by atoms with Crippen molar-refractivity contribution in [3.05, 3.63) is 86.4 Å². The summed E-state index contributed by atoms with van der Waals surface area (Å²) in [7, 11) is 0. The molecule has 166 valence electrons. The summed E-state index contributed by atoms with van der Waals surface area (Å²) in [5.74, 6) is -1.73. The number of esters is 1. The van der Waals surface area contributed by atoms with Gasteiger partial charge in [-0.15, -0.1) is 0 Å². The Balaban J connectivity index is 1.73. The van der Waals surface area contributed by atoms with E-state index in [1.165, 1.54) is 31.2 Å². The van der Waals surface area contributed by atoms with Crippen LogP contribution in [0.2, 0.25) is 5.02 Å². The van der Waals surface area contributed by atoms with Gasteiger partial charge in [-0.25, -0.2) is 9.18 Å². The van der Waals surface area contributed by atoms with Crippen molar-refractivity contribution in [1.29, 1.82) is 0 Å². The molecular weight excluding hydrogens is 441 g/mol. The van der Waals surface area contributed by atoms with Gasteiger partial charge in [-0.05, 0) is 57.2 Å². The summed E-state index contributed by atoms with van der Waals surface area (Å²) in [4.78, 5) is 35.3. The van der Waals surface area contributed by atoms with E-state index in [4.69, 9.17) is 16.3 Å². The number of nitrogens with zero attached hydrogens (tertiary/aromatic N) is 2. The number of halogens is 2. The number of ether oxygens (including phenoxy) is 1. The number of benzene rings is 2. The zero-order valence-corrected chi connectivity index (χ0v) is 18.1. The van der Waals surface area contributed by atoms with Gasteiger partial charge in [-0.2, -0.15) is 0 Å². The first kappa shape index (κ1) is 23.0. The number of nitro groups is 1. The Labute approximate surface area is 187 Å². The Morgan fingerprint density at radius 1 is 1.16 bits per heavy atom. The van der Waals surface area contributed by atoms with Gasteiger partial charge in [0.05, 0.1) is 21.2 Å². The number of nitro benzene ring substituents is 1. The molecule has 0 aliphatic heterocycles. The largest absolute Gasteiger partial charge is 0.449 e. The molecule has 3 rings (SSSR count). The molecule has 10 heteroatoms. The molecule has 0 saturated carbocycles. The van der Waals surface area contributed by atoms with E-state index in [1.807, 2.05) is 0 Å². The van der Waals surface area contributed by atoms with Crippen molar-refractivity contribution in [2.24, 2.45) is 0 Å². The van der Waals surface area contributed by atoms with E-state index in [1.54, 1.807) is 36.6 Å². The van der Waals surface area contributed by atoms with Crippen LogP contribution in [0.25, 0.3) is 5.69 Å². The van der Waals surface area contributed by atoms with Crippen LogP contribution in [0.1, 0.15) is 28.7 Å². The normalized spacial score (nSPS) is 11.7. The number of aromatic nitrogens is 1. The van der Waals surface area contributed by atoms with Gasteiger partial charge >= 0.3 is 5.97 Å². The van der Waals surface area contributed by atoms with Gasteiger partial charge in [0.1, 0.15) is 5.82 Å². The molecule has 1 N–H and O–H groups in total. The van der Waals surface area contributed by atoms with Gasteiger partial charge < -0.3 is 14.6 Å². The highest BCUT2D eigenvalue weighted by atomic mass is 35.5. The summed E-state index contributed by atoms with van der Waals surface area (Å²) in [5, 5.41) is 13.3. The molecule has 0 aliphatic rings. The first-order valence-corrected chi connectivity index (χ1v) is 9.87. The van der Waals surface area contributed by atoms with Crippen LogP contribution < -0.4 is 5.32 Å². The average Bonchev–Trinajstić information content (AvgIpc) is 3.04. The van der Waals surface area contributed by atoms with Crippen LogP contribution in [-0.4, -0.2) is 27.5 Å². The minimum atomic E-state index is -1.16. The van der Waals surface area contributed by atoms with E-state index < -0.39 is 22.9 Å². The van der Waals surface area contributed by atoms with E-state index in [0.717, 1.165) is 11.8 Å². The first-order chi connectivity index (χ1) is 15.1. The Hall–Kier alpha value is -3.72. The van der Waals surface area contributed by atoms with Crippen molar-refractivity contribution >= 4 is 34.9 Å². The Morgan fingerprint density at radius 3 is 2.41 bits per heavy atom. The highest BCUT2D eigenvalue weighted by molar-refractivity contribution is 6.34. The molecule has 1 amide bonds. The predicted octanol–water partition coefficient (Wildman–Crippen LogP) is 4.98. The second-order valence-corrected chi connectivity index (χ2v) is 7.46. The minimum absolute atomic E-state index is 0.0195. The third-order valence-electron chi connectivity index (χ3n) is 4.81. The lowest BCUT2D eigenvalue weighted by Crippen LogP contribution is -2.30. The zero-order valence-electron chi connectivity index (χ0n) is 17.4. The molecule has 0 aliphatic carbocycles. The van der Waals surface area contributed by atoms with E-state index >= 15 is 0 Å². The second-order valence-electron chi connectivity index (χ2n) is 7.05. The summed E-state index contributed by atoms with van der Waals surface area (Å²) in [5.41, 5.74) is 2.18. The SMILES string of the molecule is Cc1cc(C(=O)OC(C)C(=O)Nc2ccc([N+](=O)[O-])cc2Cl)c(C)n1-c1ccc(F)cc1. The van der Waals surface area contributed by atoms with Crippen molar-refractivity contribution < 1.29 is 23.6 Å². The third kappa shape index (κ3) is 4.78. The number of carbonyl (C=O) groups excluding carboxylic acids is 2. The number of nitrogens with one attached hydrogen (secondary N) is 1. The molecule has 8 nitrogen and oxygen atoms in total. The van der Waals surface area contributed by atoms with Crippen LogP contribution in [0.3, 0.4) is 0 Å². The van der Waals surface area contributed by atoms with Crippen LogP contribution in [0, 0.1) is 29.8 Å². The Kier molecular flexibility index (Phi) is 6.59. The fourth-order valence-electron chi connectivity index (χ4n) is 3.19. The van der Waals surface area contributed by atoms with Crippen LogP contribution in [0.4, 0.5) is 15.8 Å². The molecule has 1 heterocycles. The molecular formula is C22H19ClFN3O5. The van der Waals surface area contributed by atoms with Gasteiger partial charge in [0, 0.05) is 29.2 Å². The van der Waals surface area contributed by atoms with E-state index in [-0.39, 0.29) is 27.8 Å². The number of non-ortho nitro benzene ring substituents is 1. The standard InChI is InChI=1S/C22H19ClFN3O5/c1-12-10-18(13(2)26(12)16-6-4-15(24)5-7-16)22(29)32-14(3)21(28)25-20-9-8-17(27(30)31)11-19(20)23/h4-11,14H,1-3H3,(H,25,28). The topological polar surface area (TPSA) is 103 Å². The number of hydrogen-bond acceptors (Lipinski definition) is 5. The third-order valence-corrected chi connectivity index (χ3v) is 5.12. The Morgan fingerprint density at radius 2 is 1.81 bits per heavy atom. The fraction of sp³-hybridized carbons (Fsp3) is 0.182. The summed E-state index contributed by atoms with van der Waals surface area (Å²) in [6.45, 7) is 4.90. The lowest BCUT2D eigenvalue weighted by molar-refractivity contribution is -0.384. The van der Waals surface area contributed by atoms with Crippen LogP contribution in [0.5, 0.6) is 0 Å². The smallest absolute Gasteiger partial charge is 0.340 e. The first-order valence-electron chi connectivity index (χ1n) is 9.49. The van der Waals surface area contributed by atoms with Crippen LogP contribution in [-0.2, 0) is 9.53 Å². The highest BCUT2D eigenvalue weighted by Crippen LogP contribution is 2.27. The van der Waals surface area contributed by atoms with E-state index in [2.05, 4.69) is 5.32 Å². The van der Waals surface area contributed by atoms with Gasteiger partial charge in [0.2, 0.25) is 0 Å². The molecule has 0 spiro atoms. The quantitative estimate of drug-likeness (QED) is 0.318. The average molecular weight is 460 g/mol. The van der Waals surface area contributed by atoms with Crippen LogP contribution in [0.15, 0.2) is 48.5 Å². The predicted molar refractivity (Wildman–Crippen MR) is 117 cm³/mol. The number of rotatable bonds is 6. The maximum absolute atomic E-state index is 13.2. The summed E-state index contributed by atoms with van der Waals surface area (Å²) >= 11 is 5.98. The van der Waals surface area contributed by atoms with E-state index in [0.29, 0.717) is 11.4 Å². The number of carbonyl (C=O) groups is 2. The zero-order chi connectivity index (χ0) is 23.6. The number of aryl methyl sites for hydroxylation is 1. The molecule has 2 aromatic carbocycles. The molecule has 1 atom stereocenters. The van der Waals surface area contributed by atoms with E-state index in [9.17, 15) is 24.1 Å². The monoisotopic (exact) mass is 459 g/mol. The summed E-state index contributed by atoms with van der Waals surface area (Å²) < 4.78 is 20.3. The summed E-state index contributed by atoms with van der Waals surface area (Å²) in [6.07, 6.45) is -1.16. The maximum atomic E-state index is 13.2. The number of amides is 1. The maximum Gasteiger partial charge on any atom is 0.340 e. The molecule has 1 aromatic heterocycles. The summed E-state index contributed by atoms with van der Waals surface area (Å²) in [6, 6.07) is 11.1. The highest BCUT2D eigenvalue weighted by Gasteiger charge is 2.24. The molecule has 1 unspecified atom stereocenters. The van der Waals surface area contributed by atoms with Gasteiger partial charge in [0.25, 0.3) is 11.6 Å². The second kappa shape index (κ2) is 9.19. The lowest BCUT2D eigenvalue weighted by Gasteiger charge is -2.14. The van der Waals surface area contributed by atoms with Crippen molar-refractivity contribution in [2.45, 2.75) is 26.9 Å². The minimum Gasteiger partial charge on any atom is -0.449 e. The number of hydrogen-bond donors (Lipinski definition) is 1. The van der Waals surface area contributed by atoms with Gasteiger partial charge in [0.15, 0.2) is 6.10 Å².